The van der Waals surface area contributed by atoms with E-state index >= 15 is 0 Å². The lowest BCUT2D eigenvalue weighted by Crippen LogP contribution is -2.49. The number of benzene rings is 1. The van der Waals surface area contributed by atoms with Crippen molar-refractivity contribution in [2.75, 3.05) is 7.11 Å². The van der Waals surface area contributed by atoms with Gasteiger partial charge in [0.05, 0.1) is 6.54 Å². The van der Waals surface area contributed by atoms with E-state index in [0.29, 0.717) is 16.5 Å². The van der Waals surface area contributed by atoms with Crippen molar-refractivity contribution in [1.82, 2.24) is 4.57 Å². The largest absolute Gasteiger partial charge is 0.480 e. The number of para-hydroxylation sites is 1. The minimum atomic E-state index is -1.63. The molecule has 0 saturated carbocycles. The van der Waals surface area contributed by atoms with Gasteiger partial charge >= 0.3 is 5.97 Å². The number of aliphatic carboxylic acids is 1. The van der Waals surface area contributed by atoms with Crippen molar-refractivity contribution >= 4 is 16.9 Å². The Morgan fingerprint density at radius 1 is 1.62 bits per heavy atom. The number of alkyl halides is 1. The van der Waals surface area contributed by atoms with Crippen molar-refractivity contribution in [3.05, 3.63) is 48.7 Å². The highest BCUT2D eigenvalue weighted by Crippen LogP contribution is 2.30. The van der Waals surface area contributed by atoms with E-state index in [1.807, 2.05) is 0 Å². The lowest BCUT2D eigenvalue weighted by molar-refractivity contribution is -0.141. The number of rotatable bonds is 6. The lowest BCUT2D eigenvalue weighted by atomic mass is 10.0. The molecule has 0 aliphatic carbocycles. The predicted molar refractivity (Wildman–Crippen MR) is 77.5 cm³/mol. The number of hydrogen-bond donors (Lipinski definition) is 2. The summed E-state index contributed by atoms with van der Waals surface area (Å²) in [7, 11) is 1.27. The molecule has 0 saturated heterocycles. The molecule has 1 heterocycles. The molecule has 0 radical (unpaired) electrons. The van der Waals surface area contributed by atoms with Gasteiger partial charge in [0.1, 0.15) is 0 Å². The Bertz CT molecular complexity index is 683. The summed E-state index contributed by atoms with van der Waals surface area (Å²) in [5.41, 5.74) is 5.21. The molecule has 2 rings (SSSR count). The number of carboxylic acid groups (broad SMARTS) is 1. The topological polar surface area (TPSA) is 77.5 Å². The molecule has 0 fully saturated rings. The molecule has 3 N–H and O–H groups in total. The predicted octanol–water partition coefficient (Wildman–Crippen LogP) is 2.22. The van der Waals surface area contributed by atoms with E-state index in [4.69, 9.17) is 10.5 Å². The number of methoxy groups -OCH3 is 1. The summed E-state index contributed by atoms with van der Waals surface area (Å²) in [6.45, 7) is 3.42. The van der Waals surface area contributed by atoms with Crippen LogP contribution in [0.1, 0.15) is 11.9 Å². The molecule has 0 spiro atoms. The van der Waals surface area contributed by atoms with Crippen LogP contribution < -0.4 is 5.73 Å². The summed E-state index contributed by atoms with van der Waals surface area (Å²) in [4.78, 5) is 11.3. The molecule has 1 aromatic heterocycles. The summed E-state index contributed by atoms with van der Waals surface area (Å²) in [5.74, 6) is -1.19. The third-order valence-corrected chi connectivity index (χ3v) is 3.47. The van der Waals surface area contributed by atoms with Crippen molar-refractivity contribution in [3.63, 3.8) is 0 Å². The number of nitrogens with two attached hydrogens (primary N) is 1. The zero-order chi connectivity index (χ0) is 15.6. The Morgan fingerprint density at radius 3 is 2.86 bits per heavy atom. The number of fused-ring (bicyclic) bond motifs is 1. The minimum Gasteiger partial charge on any atom is -0.480 e. The number of carboxylic acids is 1. The quantitative estimate of drug-likeness (QED) is 0.800. The van der Waals surface area contributed by atoms with E-state index < -0.39 is 17.9 Å². The van der Waals surface area contributed by atoms with Gasteiger partial charge in [0, 0.05) is 29.8 Å². The van der Waals surface area contributed by atoms with Gasteiger partial charge in [-0.2, -0.15) is 0 Å². The molecule has 0 amide bonds. The number of aromatic nitrogens is 1. The summed E-state index contributed by atoms with van der Waals surface area (Å²) >= 11 is 0. The van der Waals surface area contributed by atoms with E-state index in [-0.39, 0.29) is 6.54 Å². The lowest BCUT2D eigenvalue weighted by Gasteiger charge is -2.21. The third kappa shape index (κ3) is 2.68. The van der Waals surface area contributed by atoms with Crippen LogP contribution in [0.15, 0.2) is 43.1 Å². The molecular formula is C15H17FN2O3. The van der Waals surface area contributed by atoms with Crippen molar-refractivity contribution in [1.29, 1.82) is 0 Å². The second kappa shape index (κ2) is 5.67. The summed E-state index contributed by atoms with van der Waals surface area (Å²) in [6, 6.07) is 7.08. The highest BCUT2D eigenvalue weighted by Gasteiger charge is 2.32. The molecule has 1 aromatic carbocycles. The monoisotopic (exact) mass is 292 g/mol. The maximum atomic E-state index is 13.9. The van der Waals surface area contributed by atoms with Crippen LogP contribution in [0.3, 0.4) is 0 Å². The molecule has 2 unspecified atom stereocenters. The van der Waals surface area contributed by atoms with E-state index in [9.17, 15) is 14.3 Å². The molecular weight excluding hydrogens is 275 g/mol. The fourth-order valence-corrected chi connectivity index (χ4v) is 2.22. The number of carbonyl (C=O) groups is 1. The Kier molecular flexibility index (Phi) is 4.11. The van der Waals surface area contributed by atoms with Gasteiger partial charge in [-0.3, -0.25) is 0 Å². The van der Waals surface area contributed by atoms with E-state index in [2.05, 4.69) is 6.58 Å². The average molecular weight is 292 g/mol. The first-order valence-electron chi connectivity index (χ1n) is 6.33. The first-order valence-corrected chi connectivity index (χ1v) is 6.33. The first-order chi connectivity index (χ1) is 9.92. The molecule has 0 aliphatic heterocycles. The van der Waals surface area contributed by atoms with Crippen molar-refractivity contribution in [2.45, 2.75) is 18.4 Å². The van der Waals surface area contributed by atoms with Crippen LogP contribution in [0, 0.1) is 0 Å². The second-order valence-electron chi connectivity index (χ2n) is 4.83. The first kappa shape index (κ1) is 15.2. The third-order valence-electron chi connectivity index (χ3n) is 3.47. The van der Waals surface area contributed by atoms with Crippen molar-refractivity contribution < 1.29 is 19.0 Å². The molecule has 6 heteroatoms. The zero-order valence-electron chi connectivity index (χ0n) is 11.6. The molecule has 21 heavy (non-hydrogen) atoms. The Labute approximate surface area is 121 Å². The van der Waals surface area contributed by atoms with Crippen LogP contribution in [-0.2, 0) is 16.1 Å². The molecule has 2 atom stereocenters. The molecule has 5 nitrogen and oxygen atoms in total. The molecule has 2 aromatic rings. The standard InChI is InChI=1S/C15H17FN2O3/c1-3-15(17,14(19)20)9-18-8-11(13(16)21-2)10-6-4-5-7-12(10)18/h3-8,13H,1,9,17H2,2H3,(H,19,20). The van der Waals surface area contributed by atoms with Crippen LogP contribution in [-0.4, -0.2) is 28.3 Å². The van der Waals surface area contributed by atoms with Crippen LogP contribution >= 0.6 is 0 Å². The molecule has 0 aliphatic rings. The van der Waals surface area contributed by atoms with Crippen LogP contribution in [0.2, 0.25) is 0 Å². The van der Waals surface area contributed by atoms with Crippen molar-refractivity contribution in [2.24, 2.45) is 5.73 Å². The average Bonchev–Trinajstić information content (AvgIpc) is 2.85. The van der Waals surface area contributed by atoms with Gasteiger partial charge in [-0.15, -0.1) is 6.58 Å². The van der Waals surface area contributed by atoms with Gasteiger partial charge in [-0.1, -0.05) is 24.3 Å². The van der Waals surface area contributed by atoms with Gasteiger partial charge in [-0.25, -0.2) is 9.18 Å². The second-order valence-corrected chi connectivity index (χ2v) is 4.83. The Hall–Kier alpha value is -2.18. The minimum absolute atomic E-state index is 0.0528. The smallest absolute Gasteiger partial charge is 0.329 e. The maximum Gasteiger partial charge on any atom is 0.329 e. The van der Waals surface area contributed by atoms with Crippen LogP contribution in [0.4, 0.5) is 4.39 Å². The highest BCUT2D eigenvalue weighted by molar-refractivity contribution is 5.85. The number of nitrogens with zero attached hydrogens (tertiary/aromatic N) is 1. The Balaban J connectivity index is 2.55. The maximum absolute atomic E-state index is 13.9. The number of halogens is 1. The van der Waals surface area contributed by atoms with E-state index in [0.717, 1.165) is 0 Å². The van der Waals surface area contributed by atoms with Crippen LogP contribution in [0.5, 0.6) is 0 Å². The van der Waals surface area contributed by atoms with Gasteiger partial charge < -0.3 is 20.1 Å². The van der Waals surface area contributed by atoms with E-state index in [1.165, 1.54) is 19.4 Å². The summed E-state index contributed by atoms with van der Waals surface area (Å²) in [5, 5.41) is 9.88. The zero-order valence-corrected chi connectivity index (χ0v) is 11.6. The fourth-order valence-electron chi connectivity index (χ4n) is 2.22. The highest BCUT2D eigenvalue weighted by atomic mass is 19.1. The van der Waals surface area contributed by atoms with Crippen molar-refractivity contribution in [3.8, 4) is 0 Å². The molecule has 0 bridgehead atoms. The van der Waals surface area contributed by atoms with Gasteiger partial charge in [0.15, 0.2) is 5.54 Å². The number of ether oxygens (including phenoxy) is 1. The number of hydrogen-bond acceptors (Lipinski definition) is 3. The summed E-state index contributed by atoms with van der Waals surface area (Å²) < 4.78 is 20.2. The SMILES string of the molecule is C=CC(N)(Cn1cc(C(F)OC)c2ccccc21)C(=O)O. The molecule has 112 valence electrons. The van der Waals surface area contributed by atoms with Gasteiger partial charge in [0.2, 0.25) is 6.36 Å². The summed E-state index contributed by atoms with van der Waals surface area (Å²) in [6.07, 6.45) is 1.11. The van der Waals surface area contributed by atoms with E-state index in [1.54, 1.807) is 28.8 Å². The fraction of sp³-hybridized carbons (Fsp3) is 0.267. The Morgan fingerprint density at radius 2 is 2.29 bits per heavy atom. The van der Waals surface area contributed by atoms with Crippen LogP contribution in [0.25, 0.3) is 10.9 Å². The normalized spacial score (nSPS) is 15.6. The van der Waals surface area contributed by atoms with Gasteiger partial charge in [-0.05, 0) is 6.07 Å². The van der Waals surface area contributed by atoms with Gasteiger partial charge in [0.25, 0.3) is 0 Å².